The van der Waals surface area contributed by atoms with Crippen LogP contribution in [0.3, 0.4) is 0 Å². The number of anilines is 1. The zero-order valence-electron chi connectivity index (χ0n) is 16.2. The molecule has 11 heteroatoms. The highest BCUT2D eigenvalue weighted by atomic mass is 16.6. The molecular weight excluding hydrogens is 404 g/mol. The number of carbonyl (C=O) groups is 1. The summed E-state index contributed by atoms with van der Waals surface area (Å²) in [5, 5.41) is 17.9. The van der Waals surface area contributed by atoms with Gasteiger partial charge in [-0.1, -0.05) is 12.1 Å². The largest absolute Gasteiger partial charge is 0.463 e. The number of nitro groups is 1. The molecule has 2 N–H and O–H groups in total. The van der Waals surface area contributed by atoms with E-state index in [4.69, 9.17) is 4.42 Å². The molecule has 0 aliphatic rings. The summed E-state index contributed by atoms with van der Waals surface area (Å²) in [5.41, 5.74) is 1.10. The number of carbonyl (C=O) groups excluding carboxylic acids is 1. The van der Waals surface area contributed by atoms with E-state index in [1.165, 1.54) is 41.3 Å². The minimum Gasteiger partial charge on any atom is -0.463 e. The van der Waals surface area contributed by atoms with Crippen molar-refractivity contribution < 1.29 is 14.1 Å². The van der Waals surface area contributed by atoms with Crippen LogP contribution in [-0.4, -0.2) is 30.6 Å². The Kier molecular flexibility index (Phi) is 5.14. The molecule has 0 spiro atoms. The van der Waals surface area contributed by atoms with Crippen molar-refractivity contribution in [2.45, 2.75) is 13.3 Å². The highest BCUT2D eigenvalue weighted by Crippen LogP contribution is 2.24. The van der Waals surface area contributed by atoms with Crippen molar-refractivity contribution in [2.24, 2.45) is 0 Å². The molecule has 1 aromatic carbocycles. The van der Waals surface area contributed by atoms with Gasteiger partial charge in [0.15, 0.2) is 5.76 Å². The van der Waals surface area contributed by atoms with E-state index in [-0.39, 0.29) is 35.3 Å². The van der Waals surface area contributed by atoms with Crippen LogP contribution in [0, 0.1) is 17.0 Å². The summed E-state index contributed by atoms with van der Waals surface area (Å²) in [6, 6.07) is 12.1. The number of aromatic amines is 1. The molecule has 0 saturated carbocycles. The number of aryl methyl sites for hydroxylation is 1. The second kappa shape index (κ2) is 8.06. The highest BCUT2D eigenvalue weighted by molar-refractivity contribution is 5.92. The first-order valence-corrected chi connectivity index (χ1v) is 9.14. The maximum atomic E-state index is 12.6. The van der Waals surface area contributed by atoms with Crippen LogP contribution >= 0.6 is 0 Å². The monoisotopic (exact) mass is 420 g/mol. The summed E-state index contributed by atoms with van der Waals surface area (Å²) in [4.78, 5) is 41.6. The first kappa shape index (κ1) is 19.8. The van der Waals surface area contributed by atoms with Crippen molar-refractivity contribution in [1.29, 1.82) is 0 Å². The van der Waals surface area contributed by atoms with Gasteiger partial charge in [-0.25, -0.2) is 4.98 Å². The Morgan fingerprint density at radius 1 is 1.26 bits per heavy atom. The van der Waals surface area contributed by atoms with Gasteiger partial charge in [-0.15, -0.1) is 0 Å². The van der Waals surface area contributed by atoms with Crippen molar-refractivity contribution in [3.05, 3.63) is 86.5 Å². The summed E-state index contributed by atoms with van der Waals surface area (Å²) >= 11 is 0. The number of H-pyrrole nitrogens is 1. The molecule has 4 aromatic rings. The van der Waals surface area contributed by atoms with Crippen molar-refractivity contribution >= 4 is 17.4 Å². The van der Waals surface area contributed by atoms with Gasteiger partial charge in [0.2, 0.25) is 11.9 Å². The van der Waals surface area contributed by atoms with E-state index in [2.05, 4.69) is 20.4 Å². The third-order valence-corrected chi connectivity index (χ3v) is 4.32. The number of hydrogen-bond acceptors (Lipinski definition) is 7. The van der Waals surface area contributed by atoms with Crippen molar-refractivity contribution in [2.75, 3.05) is 5.32 Å². The van der Waals surface area contributed by atoms with Gasteiger partial charge in [0.05, 0.1) is 17.6 Å². The van der Waals surface area contributed by atoms with Crippen LogP contribution in [0.25, 0.3) is 17.4 Å². The molecule has 3 aromatic heterocycles. The molecule has 0 radical (unpaired) electrons. The van der Waals surface area contributed by atoms with Gasteiger partial charge in [0, 0.05) is 30.0 Å². The molecular formula is C20H16N6O5. The average Bonchev–Trinajstić information content (AvgIpc) is 3.37. The number of non-ortho nitro benzene ring substituents is 1. The molecule has 4 rings (SSSR count). The first-order chi connectivity index (χ1) is 14.9. The molecule has 3 heterocycles. The lowest BCUT2D eigenvalue weighted by atomic mass is 10.1. The number of nitrogens with one attached hydrogen (secondary N) is 2. The van der Waals surface area contributed by atoms with Gasteiger partial charge < -0.3 is 9.73 Å². The molecule has 156 valence electrons. The number of furan rings is 1. The summed E-state index contributed by atoms with van der Waals surface area (Å²) in [6.07, 6.45) is 1.48. The molecule has 0 fully saturated rings. The fourth-order valence-corrected chi connectivity index (χ4v) is 2.95. The van der Waals surface area contributed by atoms with Gasteiger partial charge >= 0.3 is 0 Å². The van der Waals surface area contributed by atoms with Gasteiger partial charge in [-0.05, 0) is 24.6 Å². The fourth-order valence-electron chi connectivity index (χ4n) is 2.95. The Labute approximate surface area is 174 Å². The topological polar surface area (TPSA) is 149 Å². The lowest BCUT2D eigenvalue weighted by molar-refractivity contribution is -0.384. The molecule has 0 aliphatic carbocycles. The summed E-state index contributed by atoms with van der Waals surface area (Å²) in [6.45, 7) is 1.67. The molecule has 0 unspecified atom stereocenters. The maximum absolute atomic E-state index is 12.6. The lowest BCUT2D eigenvalue weighted by Gasteiger charge is -2.08. The third kappa shape index (κ3) is 4.40. The van der Waals surface area contributed by atoms with Crippen molar-refractivity contribution in [3.8, 4) is 17.4 Å². The Bertz CT molecular complexity index is 1300. The van der Waals surface area contributed by atoms with E-state index < -0.39 is 4.92 Å². The number of nitro benzene ring substituents is 1. The molecule has 0 atom stereocenters. The number of hydrogen-bond donors (Lipinski definition) is 2. The van der Waals surface area contributed by atoms with Crippen LogP contribution in [-0.2, 0) is 11.2 Å². The van der Waals surface area contributed by atoms with E-state index in [9.17, 15) is 19.7 Å². The molecule has 0 saturated heterocycles. The smallest absolute Gasteiger partial charge is 0.269 e. The van der Waals surface area contributed by atoms with Crippen molar-refractivity contribution in [3.63, 3.8) is 0 Å². The standard InChI is InChI=1S/C20H16N6O5/c1-12-9-18(27)23-20(21-12)25-17(11-15(24-25)16-3-2-8-31-16)22-19(28)10-13-4-6-14(7-5-13)26(29)30/h2-9,11H,10H2,1H3,(H,22,28)(H,21,23,27). The van der Waals surface area contributed by atoms with Gasteiger partial charge in [-0.3, -0.25) is 24.7 Å². The summed E-state index contributed by atoms with van der Waals surface area (Å²) in [5.74, 6) is 0.496. The van der Waals surface area contributed by atoms with E-state index >= 15 is 0 Å². The third-order valence-electron chi connectivity index (χ3n) is 4.32. The Morgan fingerprint density at radius 3 is 2.68 bits per heavy atom. The van der Waals surface area contributed by atoms with E-state index in [1.807, 2.05) is 0 Å². The van der Waals surface area contributed by atoms with Gasteiger partial charge in [0.25, 0.3) is 11.2 Å². The van der Waals surface area contributed by atoms with Gasteiger partial charge in [0.1, 0.15) is 11.5 Å². The Morgan fingerprint density at radius 2 is 2.03 bits per heavy atom. The maximum Gasteiger partial charge on any atom is 0.269 e. The van der Waals surface area contributed by atoms with Crippen LogP contribution in [0.2, 0.25) is 0 Å². The predicted octanol–water partition coefficient (Wildman–Crippen LogP) is 2.61. The Hall–Kier alpha value is -4.54. The number of benzene rings is 1. The summed E-state index contributed by atoms with van der Waals surface area (Å²) in [7, 11) is 0. The van der Waals surface area contributed by atoms with Crippen LogP contribution in [0.1, 0.15) is 11.3 Å². The zero-order chi connectivity index (χ0) is 22.0. The molecule has 0 bridgehead atoms. The van der Waals surface area contributed by atoms with Crippen LogP contribution in [0.5, 0.6) is 0 Å². The minimum atomic E-state index is -0.506. The van der Waals surface area contributed by atoms with E-state index in [0.717, 1.165) is 0 Å². The molecule has 11 nitrogen and oxygen atoms in total. The van der Waals surface area contributed by atoms with E-state index in [0.29, 0.717) is 22.7 Å². The molecule has 0 aliphatic heterocycles. The van der Waals surface area contributed by atoms with Crippen LogP contribution < -0.4 is 10.9 Å². The first-order valence-electron chi connectivity index (χ1n) is 9.14. The predicted molar refractivity (Wildman–Crippen MR) is 110 cm³/mol. The SMILES string of the molecule is Cc1cc(=O)[nH]c(-n2nc(-c3ccco3)cc2NC(=O)Cc2ccc([N+](=O)[O-])cc2)n1. The normalized spacial score (nSPS) is 10.7. The van der Waals surface area contributed by atoms with Crippen LogP contribution in [0.15, 0.2) is 64.0 Å². The minimum absolute atomic E-state index is 0.0168. The zero-order valence-corrected chi connectivity index (χ0v) is 16.2. The molecule has 31 heavy (non-hydrogen) atoms. The second-order valence-corrected chi connectivity index (χ2v) is 6.66. The highest BCUT2D eigenvalue weighted by Gasteiger charge is 2.17. The quantitative estimate of drug-likeness (QED) is 0.360. The van der Waals surface area contributed by atoms with Crippen LogP contribution in [0.4, 0.5) is 11.5 Å². The van der Waals surface area contributed by atoms with E-state index in [1.54, 1.807) is 25.1 Å². The van der Waals surface area contributed by atoms with Gasteiger partial charge in [-0.2, -0.15) is 9.78 Å². The Balaban J connectivity index is 1.64. The number of amides is 1. The lowest BCUT2D eigenvalue weighted by Crippen LogP contribution is -2.20. The summed E-state index contributed by atoms with van der Waals surface area (Å²) < 4.78 is 6.67. The average molecular weight is 420 g/mol. The molecule has 1 amide bonds. The van der Waals surface area contributed by atoms with Crippen molar-refractivity contribution in [1.82, 2.24) is 19.7 Å². The number of aromatic nitrogens is 4. The number of rotatable bonds is 6. The second-order valence-electron chi connectivity index (χ2n) is 6.66. The fraction of sp³-hybridized carbons (Fsp3) is 0.100. The number of nitrogens with zero attached hydrogens (tertiary/aromatic N) is 4.